The molecule has 0 heterocycles. The first kappa shape index (κ1) is 11.6. The molecule has 0 spiro atoms. The average molecular weight is 206 g/mol. The number of anilines is 2. The van der Waals surface area contributed by atoms with Crippen molar-refractivity contribution < 1.29 is 4.79 Å². The van der Waals surface area contributed by atoms with Crippen molar-refractivity contribution in [1.29, 1.82) is 0 Å². The van der Waals surface area contributed by atoms with Crippen LogP contribution in [-0.2, 0) is 4.79 Å². The molecule has 0 aliphatic carbocycles. The second-order valence-corrected chi connectivity index (χ2v) is 4.09. The van der Waals surface area contributed by atoms with Crippen molar-refractivity contribution >= 4 is 17.8 Å². The Morgan fingerprint density at radius 1 is 1.33 bits per heavy atom. The lowest BCUT2D eigenvalue weighted by molar-refractivity contribution is -0.105. The van der Waals surface area contributed by atoms with Gasteiger partial charge < -0.3 is 10.2 Å². The number of nitrogens with zero attached hydrogens (tertiary/aromatic N) is 1. The van der Waals surface area contributed by atoms with Crippen molar-refractivity contribution in [2.45, 2.75) is 19.8 Å². The van der Waals surface area contributed by atoms with E-state index in [1.807, 2.05) is 31.1 Å². The third-order valence-electron chi connectivity index (χ3n) is 2.38. The van der Waals surface area contributed by atoms with Gasteiger partial charge in [-0.1, -0.05) is 19.9 Å². The molecule has 0 saturated carbocycles. The highest BCUT2D eigenvalue weighted by atomic mass is 16.1. The van der Waals surface area contributed by atoms with E-state index in [2.05, 4.69) is 25.2 Å². The van der Waals surface area contributed by atoms with Crippen molar-refractivity contribution in [3.05, 3.63) is 23.8 Å². The molecule has 0 atom stereocenters. The third-order valence-corrected chi connectivity index (χ3v) is 2.38. The van der Waals surface area contributed by atoms with Crippen LogP contribution in [0.5, 0.6) is 0 Å². The van der Waals surface area contributed by atoms with E-state index in [0.717, 1.165) is 11.4 Å². The second kappa shape index (κ2) is 4.82. The van der Waals surface area contributed by atoms with Gasteiger partial charge in [0, 0.05) is 14.1 Å². The van der Waals surface area contributed by atoms with E-state index >= 15 is 0 Å². The molecule has 0 aliphatic heterocycles. The van der Waals surface area contributed by atoms with Gasteiger partial charge in [-0.25, -0.2) is 0 Å². The van der Waals surface area contributed by atoms with E-state index in [9.17, 15) is 4.79 Å². The largest absolute Gasteiger partial charge is 0.376 e. The van der Waals surface area contributed by atoms with Gasteiger partial charge in [0.05, 0.1) is 11.4 Å². The van der Waals surface area contributed by atoms with E-state index in [4.69, 9.17) is 0 Å². The Kier molecular flexibility index (Phi) is 3.72. The number of benzene rings is 1. The molecule has 0 aromatic heterocycles. The number of carbonyl (C=O) groups excluding carboxylic acids is 1. The van der Waals surface area contributed by atoms with E-state index in [-0.39, 0.29) is 0 Å². The summed E-state index contributed by atoms with van der Waals surface area (Å²) in [6.45, 7) is 4.31. The molecule has 1 aromatic rings. The van der Waals surface area contributed by atoms with Gasteiger partial charge in [-0.2, -0.15) is 0 Å². The lowest BCUT2D eigenvalue weighted by atomic mass is 10.0. The normalized spacial score (nSPS) is 10.2. The van der Waals surface area contributed by atoms with Crippen LogP contribution in [0.1, 0.15) is 25.3 Å². The van der Waals surface area contributed by atoms with Crippen LogP contribution < -0.4 is 10.2 Å². The summed E-state index contributed by atoms with van der Waals surface area (Å²) in [5.41, 5.74) is 3.16. The van der Waals surface area contributed by atoms with Crippen molar-refractivity contribution in [3.63, 3.8) is 0 Å². The fraction of sp³-hybridized carbons (Fsp3) is 0.417. The van der Waals surface area contributed by atoms with Gasteiger partial charge >= 0.3 is 0 Å². The van der Waals surface area contributed by atoms with Gasteiger partial charge in [0.1, 0.15) is 0 Å². The Bertz CT molecular complexity index is 345. The summed E-state index contributed by atoms with van der Waals surface area (Å²) in [7, 11) is 3.94. The third kappa shape index (κ3) is 2.72. The van der Waals surface area contributed by atoms with Crippen LogP contribution in [0.3, 0.4) is 0 Å². The Hall–Kier alpha value is -1.51. The maximum absolute atomic E-state index is 10.4. The minimum absolute atomic E-state index is 0.494. The summed E-state index contributed by atoms with van der Waals surface area (Å²) in [6, 6.07) is 6.10. The smallest absolute Gasteiger partial charge is 0.211 e. The zero-order chi connectivity index (χ0) is 11.4. The molecular formula is C12H18N2O. The van der Waals surface area contributed by atoms with Gasteiger partial charge in [0.25, 0.3) is 0 Å². The monoisotopic (exact) mass is 206 g/mol. The molecule has 1 aromatic carbocycles. The molecule has 3 heteroatoms. The summed E-state index contributed by atoms with van der Waals surface area (Å²) in [5, 5.41) is 2.70. The molecule has 15 heavy (non-hydrogen) atoms. The van der Waals surface area contributed by atoms with Crippen LogP contribution in [0.25, 0.3) is 0 Å². The van der Waals surface area contributed by atoms with Crippen molar-refractivity contribution in [2.24, 2.45) is 0 Å². The molecule has 1 amide bonds. The fourth-order valence-corrected chi connectivity index (χ4v) is 1.46. The molecule has 82 valence electrons. The van der Waals surface area contributed by atoms with E-state index in [1.165, 1.54) is 5.56 Å². The molecule has 3 nitrogen and oxygen atoms in total. The standard InChI is InChI=1S/C12H18N2O/c1-9(2)10-5-6-11(13-8-15)12(7-10)14(3)4/h5-9H,1-4H3,(H,13,15). The SMILES string of the molecule is CC(C)c1ccc(NC=O)c(N(C)C)c1. The quantitative estimate of drug-likeness (QED) is 0.767. The predicted octanol–water partition coefficient (Wildman–Crippen LogP) is 2.44. The molecule has 1 rings (SSSR count). The molecule has 0 unspecified atom stereocenters. The summed E-state index contributed by atoms with van der Waals surface area (Å²) in [5.74, 6) is 0.494. The minimum atomic E-state index is 0.494. The van der Waals surface area contributed by atoms with E-state index in [1.54, 1.807) is 0 Å². The van der Waals surface area contributed by atoms with Crippen LogP contribution >= 0.6 is 0 Å². The van der Waals surface area contributed by atoms with Crippen LogP contribution in [0, 0.1) is 0 Å². The Morgan fingerprint density at radius 3 is 2.47 bits per heavy atom. The number of carbonyl (C=O) groups is 1. The Labute approximate surface area is 91.1 Å². The van der Waals surface area contributed by atoms with Gasteiger partial charge in [0.15, 0.2) is 0 Å². The van der Waals surface area contributed by atoms with Crippen molar-refractivity contribution in [3.8, 4) is 0 Å². The van der Waals surface area contributed by atoms with E-state index in [0.29, 0.717) is 12.3 Å². The maximum atomic E-state index is 10.4. The van der Waals surface area contributed by atoms with E-state index < -0.39 is 0 Å². The molecule has 0 bridgehead atoms. The topological polar surface area (TPSA) is 32.3 Å². The zero-order valence-corrected chi connectivity index (χ0v) is 9.74. The molecule has 0 aliphatic rings. The predicted molar refractivity (Wildman–Crippen MR) is 64.5 cm³/mol. The number of hydrogen-bond acceptors (Lipinski definition) is 2. The van der Waals surface area contributed by atoms with Gasteiger partial charge in [0.2, 0.25) is 6.41 Å². The van der Waals surface area contributed by atoms with Crippen LogP contribution in [0.2, 0.25) is 0 Å². The first-order valence-corrected chi connectivity index (χ1v) is 5.07. The number of nitrogens with one attached hydrogen (secondary N) is 1. The molecule has 0 fully saturated rings. The van der Waals surface area contributed by atoms with Crippen molar-refractivity contribution in [1.82, 2.24) is 0 Å². The molecule has 0 radical (unpaired) electrons. The van der Waals surface area contributed by atoms with Gasteiger partial charge in [-0.3, -0.25) is 4.79 Å². The van der Waals surface area contributed by atoms with Crippen molar-refractivity contribution in [2.75, 3.05) is 24.3 Å². The maximum Gasteiger partial charge on any atom is 0.211 e. The minimum Gasteiger partial charge on any atom is -0.376 e. The summed E-state index contributed by atoms with van der Waals surface area (Å²) in [6.07, 6.45) is 0.706. The molecule has 0 saturated heterocycles. The van der Waals surface area contributed by atoms with Crippen LogP contribution in [-0.4, -0.2) is 20.5 Å². The molecule has 1 N–H and O–H groups in total. The Balaban J connectivity index is 3.14. The average Bonchev–Trinajstić information content (AvgIpc) is 2.18. The highest BCUT2D eigenvalue weighted by molar-refractivity contribution is 5.81. The highest BCUT2D eigenvalue weighted by Gasteiger charge is 2.07. The number of amides is 1. The summed E-state index contributed by atoms with van der Waals surface area (Å²) < 4.78 is 0. The lowest BCUT2D eigenvalue weighted by Gasteiger charge is -2.19. The zero-order valence-electron chi connectivity index (χ0n) is 9.74. The van der Waals surface area contributed by atoms with Crippen LogP contribution in [0.15, 0.2) is 18.2 Å². The van der Waals surface area contributed by atoms with Crippen LogP contribution in [0.4, 0.5) is 11.4 Å². The molecular weight excluding hydrogens is 188 g/mol. The lowest BCUT2D eigenvalue weighted by Crippen LogP contribution is -2.12. The number of rotatable bonds is 4. The first-order chi connectivity index (χ1) is 7.06. The second-order valence-electron chi connectivity index (χ2n) is 4.09. The van der Waals surface area contributed by atoms with Gasteiger partial charge in [-0.15, -0.1) is 0 Å². The Morgan fingerprint density at radius 2 is 2.00 bits per heavy atom. The fourth-order valence-electron chi connectivity index (χ4n) is 1.46. The van der Waals surface area contributed by atoms with Gasteiger partial charge in [-0.05, 0) is 23.6 Å². The highest BCUT2D eigenvalue weighted by Crippen LogP contribution is 2.28. The summed E-state index contributed by atoms with van der Waals surface area (Å²) >= 11 is 0. The first-order valence-electron chi connectivity index (χ1n) is 5.07. The number of hydrogen-bond donors (Lipinski definition) is 1. The summed E-state index contributed by atoms with van der Waals surface area (Å²) in [4.78, 5) is 12.4.